The van der Waals surface area contributed by atoms with E-state index >= 15 is 0 Å². The minimum absolute atomic E-state index is 0. The van der Waals surface area contributed by atoms with E-state index in [1.807, 2.05) is 36.4 Å². The van der Waals surface area contributed by atoms with E-state index in [9.17, 15) is 0 Å². The standard InChI is InChI=1S/C16H19NO.ClH/c17-15(12-18)11-16(13-7-3-1-4-8-13)14-9-5-2-6-10-14;/h1-10,15-16,18H,11-12,17H2;1H. The van der Waals surface area contributed by atoms with Crippen LogP contribution in [0.2, 0.25) is 0 Å². The van der Waals surface area contributed by atoms with Gasteiger partial charge in [-0.1, -0.05) is 60.7 Å². The molecule has 2 aromatic carbocycles. The highest BCUT2D eigenvalue weighted by Gasteiger charge is 2.16. The second kappa shape index (κ2) is 7.95. The molecule has 0 aromatic heterocycles. The van der Waals surface area contributed by atoms with E-state index in [1.165, 1.54) is 11.1 Å². The van der Waals surface area contributed by atoms with Crippen molar-refractivity contribution in [3.8, 4) is 0 Å². The van der Waals surface area contributed by atoms with Gasteiger partial charge < -0.3 is 10.8 Å². The van der Waals surface area contributed by atoms with Gasteiger partial charge in [0.1, 0.15) is 0 Å². The number of nitrogens with two attached hydrogens (primary N) is 1. The van der Waals surface area contributed by atoms with Crippen molar-refractivity contribution >= 4 is 12.4 Å². The van der Waals surface area contributed by atoms with E-state index in [0.29, 0.717) is 0 Å². The first-order chi connectivity index (χ1) is 8.81. The molecule has 1 unspecified atom stereocenters. The normalized spacial score (nSPS) is 11.9. The Kier molecular flexibility index (Phi) is 6.57. The molecular weight excluding hydrogens is 258 g/mol. The highest BCUT2D eigenvalue weighted by Crippen LogP contribution is 2.28. The van der Waals surface area contributed by atoms with Crippen molar-refractivity contribution in [3.05, 3.63) is 71.8 Å². The van der Waals surface area contributed by atoms with Crippen LogP contribution in [-0.4, -0.2) is 17.8 Å². The fourth-order valence-corrected chi connectivity index (χ4v) is 2.21. The summed E-state index contributed by atoms with van der Waals surface area (Å²) in [5.41, 5.74) is 8.38. The van der Waals surface area contributed by atoms with E-state index in [1.54, 1.807) is 0 Å². The molecule has 19 heavy (non-hydrogen) atoms. The summed E-state index contributed by atoms with van der Waals surface area (Å²) in [5, 5.41) is 9.15. The van der Waals surface area contributed by atoms with Crippen LogP contribution in [0.3, 0.4) is 0 Å². The molecule has 2 aromatic rings. The summed E-state index contributed by atoms with van der Waals surface area (Å²) in [4.78, 5) is 0. The lowest BCUT2D eigenvalue weighted by Crippen LogP contribution is -2.27. The number of halogens is 1. The molecule has 102 valence electrons. The monoisotopic (exact) mass is 277 g/mol. The Morgan fingerprint density at radius 1 is 0.842 bits per heavy atom. The average molecular weight is 278 g/mol. The predicted octanol–water partition coefficient (Wildman–Crippen LogP) is 2.95. The van der Waals surface area contributed by atoms with Crippen molar-refractivity contribution in [1.82, 2.24) is 0 Å². The third-order valence-electron chi connectivity index (χ3n) is 3.18. The van der Waals surface area contributed by atoms with Crippen LogP contribution in [-0.2, 0) is 0 Å². The van der Waals surface area contributed by atoms with Crippen LogP contribution in [0, 0.1) is 0 Å². The Balaban J connectivity index is 0.00000180. The molecule has 0 saturated heterocycles. The SMILES string of the molecule is Cl.NC(CO)CC(c1ccccc1)c1ccccc1. The van der Waals surface area contributed by atoms with Crippen molar-refractivity contribution in [1.29, 1.82) is 0 Å². The van der Waals surface area contributed by atoms with Crippen molar-refractivity contribution in [2.45, 2.75) is 18.4 Å². The van der Waals surface area contributed by atoms with E-state index in [0.717, 1.165) is 6.42 Å². The number of hydrogen-bond acceptors (Lipinski definition) is 2. The molecule has 0 saturated carbocycles. The highest BCUT2D eigenvalue weighted by atomic mass is 35.5. The molecule has 0 radical (unpaired) electrons. The fourth-order valence-electron chi connectivity index (χ4n) is 2.21. The van der Waals surface area contributed by atoms with E-state index in [4.69, 9.17) is 10.8 Å². The van der Waals surface area contributed by atoms with E-state index < -0.39 is 0 Å². The minimum Gasteiger partial charge on any atom is -0.395 e. The lowest BCUT2D eigenvalue weighted by Gasteiger charge is -2.21. The van der Waals surface area contributed by atoms with Crippen molar-refractivity contribution in [2.75, 3.05) is 6.61 Å². The topological polar surface area (TPSA) is 46.2 Å². The minimum atomic E-state index is -0.185. The number of rotatable bonds is 5. The quantitative estimate of drug-likeness (QED) is 0.883. The third-order valence-corrected chi connectivity index (χ3v) is 3.18. The van der Waals surface area contributed by atoms with Crippen LogP contribution in [0.15, 0.2) is 60.7 Å². The molecule has 0 bridgehead atoms. The van der Waals surface area contributed by atoms with Gasteiger partial charge in [-0.2, -0.15) is 0 Å². The van der Waals surface area contributed by atoms with Crippen LogP contribution < -0.4 is 5.73 Å². The summed E-state index contributed by atoms with van der Waals surface area (Å²) >= 11 is 0. The van der Waals surface area contributed by atoms with Gasteiger partial charge in [0, 0.05) is 12.0 Å². The summed E-state index contributed by atoms with van der Waals surface area (Å²) in [5.74, 6) is 0.245. The molecule has 1 atom stereocenters. The number of aliphatic hydroxyl groups excluding tert-OH is 1. The first-order valence-corrected chi connectivity index (χ1v) is 6.27. The maximum absolute atomic E-state index is 9.15. The zero-order chi connectivity index (χ0) is 12.8. The Hall–Kier alpha value is -1.35. The van der Waals surface area contributed by atoms with Gasteiger partial charge in [0.2, 0.25) is 0 Å². The molecule has 0 amide bonds. The summed E-state index contributed by atoms with van der Waals surface area (Å²) < 4.78 is 0. The molecule has 0 aliphatic rings. The molecule has 0 heterocycles. The molecule has 0 spiro atoms. The summed E-state index contributed by atoms with van der Waals surface area (Å²) in [6.07, 6.45) is 0.754. The van der Waals surface area contributed by atoms with Gasteiger partial charge in [-0.05, 0) is 17.5 Å². The van der Waals surface area contributed by atoms with Gasteiger partial charge in [0.15, 0.2) is 0 Å². The van der Waals surface area contributed by atoms with Crippen LogP contribution in [0.4, 0.5) is 0 Å². The summed E-state index contributed by atoms with van der Waals surface area (Å²) in [6.45, 7) is 0.0240. The Labute approximate surface area is 120 Å². The smallest absolute Gasteiger partial charge is 0.0582 e. The van der Waals surface area contributed by atoms with Gasteiger partial charge in [-0.25, -0.2) is 0 Å². The predicted molar refractivity (Wildman–Crippen MR) is 81.7 cm³/mol. The van der Waals surface area contributed by atoms with Crippen molar-refractivity contribution < 1.29 is 5.11 Å². The first-order valence-electron chi connectivity index (χ1n) is 6.27. The van der Waals surface area contributed by atoms with Crippen LogP contribution in [0.25, 0.3) is 0 Å². The average Bonchev–Trinajstić information content (AvgIpc) is 2.46. The summed E-state index contributed by atoms with van der Waals surface area (Å²) in [7, 11) is 0. The maximum atomic E-state index is 9.15. The van der Waals surface area contributed by atoms with Crippen LogP contribution in [0.1, 0.15) is 23.5 Å². The lowest BCUT2D eigenvalue weighted by atomic mass is 9.86. The van der Waals surface area contributed by atoms with Crippen LogP contribution in [0.5, 0.6) is 0 Å². The largest absolute Gasteiger partial charge is 0.395 e. The Bertz CT molecular complexity index is 421. The third kappa shape index (κ3) is 4.35. The highest BCUT2D eigenvalue weighted by molar-refractivity contribution is 5.85. The Morgan fingerprint density at radius 2 is 1.26 bits per heavy atom. The number of benzene rings is 2. The van der Waals surface area contributed by atoms with Gasteiger partial charge in [-0.3, -0.25) is 0 Å². The van der Waals surface area contributed by atoms with E-state index in [-0.39, 0.29) is 31.0 Å². The maximum Gasteiger partial charge on any atom is 0.0582 e. The zero-order valence-corrected chi connectivity index (χ0v) is 11.6. The van der Waals surface area contributed by atoms with Gasteiger partial charge in [-0.15, -0.1) is 12.4 Å². The van der Waals surface area contributed by atoms with Crippen LogP contribution >= 0.6 is 12.4 Å². The Morgan fingerprint density at radius 3 is 1.63 bits per heavy atom. The van der Waals surface area contributed by atoms with Gasteiger partial charge >= 0.3 is 0 Å². The second-order valence-corrected chi connectivity index (χ2v) is 4.55. The first kappa shape index (κ1) is 15.7. The molecule has 0 aliphatic heterocycles. The summed E-state index contributed by atoms with van der Waals surface area (Å²) in [6, 6.07) is 20.4. The van der Waals surface area contributed by atoms with Crippen molar-refractivity contribution in [2.24, 2.45) is 5.73 Å². The fraction of sp³-hybridized carbons (Fsp3) is 0.250. The van der Waals surface area contributed by atoms with Gasteiger partial charge in [0.25, 0.3) is 0 Å². The molecule has 2 rings (SSSR count). The molecule has 3 heteroatoms. The lowest BCUT2D eigenvalue weighted by molar-refractivity contribution is 0.257. The number of hydrogen-bond donors (Lipinski definition) is 2. The van der Waals surface area contributed by atoms with E-state index in [2.05, 4.69) is 24.3 Å². The molecule has 3 N–H and O–H groups in total. The van der Waals surface area contributed by atoms with Gasteiger partial charge in [0.05, 0.1) is 6.61 Å². The molecule has 0 aliphatic carbocycles. The zero-order valence-electron chi connectivity index (χ0n) is 10.8. The second-order valence-electron chi connectivity index (χ2n) is 4.55. The van der Waals surface area contributed by atoms with Crippen molar-refractivity contribution in [3.63, 3.8) is 0 Å². The molecule has 2 nitrogen and oxygen atoms in total. The molecular formula is C16H20ClNO. The number of aliphatic hydroxyl groups is 1. The molecule has 0 fully saturated rings.